The summed E-state index contributed by atoms with van der Waals surface area (Å²) in [7, 11) is 1.83. The summed E-state index contributed by atoms with van der Waals surface area (Å²) in [6, 6.07) is 16.6. The number of pyridine rings is 1. The largest absolute Gasteiger partial charge is 0.444 e. The second kappa shape index (κ2) is 14.6. The van der Waals surface area contributed by atoms with Crippen molar-refractivity contribution in [3.63, 3.8) is 0 Å². The van der Waals surface area contributed by atoms with Crippen molar-refractivity contribution in [2.24, 2.45) is 5.92 Å². The lowest BCUT2D eigenvalue weighted by Crippen LogP contribution is -2.38. The molecule has 10 heteroatoms. The molecule has 1 aliphatic carbocycles. The fourth-order valence-electron chi connectivity index (χ4n) is 5.64. The number of nitrogens with one attached hydrogen (secondary N) is 2. The predicted molar refractivity (Wildman–Crippen MR) is 171 cm³/mol. The molecule has 1 heterocycles. The summed E-state index contributed by atoms with van der Waals surface area (Å²) in [6.07, 6.45) is 1.76. The third kappa shape index (κ3) is 9.33. The van der Waals surface area contributed by atoms with Gasteiger partial charge in [-0.15, -0.1) is 0 Å². The average Bonchev–Trinajstić information content (AvgIpc) is 2.99. The Morgan fingerprint density at radius 2 is 1.62 bits per heavy atom. The van der Waals surface area contributed by atoms with Gasteiger partial charge >= 0.3 is 6.09 Å². The van der Waals surface area contributed by atoms with E-state index >= 15 is 0 Å². The van der Waals surface area contributed by atoms with Crippen molar-refractivity contribution in [2.75, 3.05) is 12.4 Å². The minimum absolute atomic E-state index is 0.0601. The van der Waals surface area contributed by atoms with Gasteiger partial charge in [-0.1, -0.05) is 54.6 Å². The maximum absolute atomic E-state index is 13.9. The molecule has 45 heavy (non-hydrogen) atoms. The number of halogens is 2. The lowest BCUT2D eigenvalue weighted by atomic mass is 9.83. The van der Waals surface area contributed by atoms with E-state index in [9.17, 15) is 23.2 Å². The third-order valence-electron chi connectivity index (χ3n) is 8.06. The molecule has 0 saturated heterocycles. The summed E-state index contributed by atoms with van der Waals surface area (Å²) >= 11 is 0. The van der Waals surface area contributed by atoms with Crippen molar-refractivity contribution in [1.29, 1.82) is 0 Å². The first-order valence-corrected chi connectivity index (χ1v) is 15.3. The van der Waals surface area contributed by atoms with Gasteiger partial charge in [0.25, 0.3) is 6.43 Å². The van der Waals surface area contributed by atoms with Gasteiger partial charge in [0, 0.05) is 37.6 Å². The number of carbonyl (C=O) groups excluding carboxylic acids is 3. The first-order valence-electron chi connectivity index (χ1n) is 15.3. The molecular weight excluding hydrogens is 578 g/mol. The Balaban J connectivity index is 1.50. The lowest BCUT2D eigenvalue weighted by molar-refractivity contribution is -0.130. The van der Waals surface area contributed by atoms with E-state index in [0.717, 1.165) is 36.8 Å². The first kappa shape index (κ1) is 33.6. The van der Waals surface area contributed by atoms with Crippen LogP contribution in [0.15, 0.2) is 66.9 Å². The monoisotopic (exact) mass is 620 g/mol. The highest BCUT2D eigenvalue weighted by molar-refractivity contribution is 5.93. The van der Waals surface area contributed by atoms with Gasteiger partial charge in [0.1, 0.15) is 11.6 Å². The highest BCUT2D eigenvalue weighted by Crippen LogP contribution is 2.34. The number of nitrogens with zero attached hydrogens (tertiary/aromatic N) is 2. The molecule has 2 aromatic carbocycles. The second-order valence-electron chi connectivity index (χ2n) is 12.6. The van der Waals surface area contributed by atoms with Crippen molar-refractivity contribution in [3.8, 4) is 22.4 Å². The summed E-state index contributed by atoms with van der Waals surface area (Å²) in [5.74, 6) is 0.222. The summed E-state index contributed by atoms with van der Waals surface area (Å²) < 4.78 is 33.0. The summed E-state index contributed by atoms with van der Waals surface area (Å²) in [5.41, 5.74) is 2.92. The van der Waals surface area contributed by atoms with Crippen LogP contribution in [0, 0.1) is 5.92 Å². The van der Waals surface area contributed by atoms with Gasteiger partial charge in [0.05, 0.1) is 17.6 Å². The van der Waals surface area contributed by atoms with Gasteiger partial charge in [-0.2, -0.15) is 0 Å². The van der Waals surface area contributed by atoms with E-state index in [1.807, 2.05) is 43.4 Å². The lowest BCUT2D eigenvalue weighted by Gasteiger charge is -2.34. The topological polar surface area (TPSA) is 101 Å². The van der Waals surface area contributed by atoms with Gasteiger partial charge in [-0.3, -0.25) is 14.6 Å². The van der Waals surface area contributed by atoms with Crippen molar-refractivity contribution in [3.05, 3.63) is 72.4 Å². The zero-order valence-electron chi connectivity index (χ0n) is 26.5. The number of carbonyl (C=O) groups is 3. The van der Waals surface area contributed by atoms with Crippen molar-refractivity contribution in [1.82, 2.24) is 15.2 Å². The van der Waals surface area contributed by atoms with Gasteiger partial charge in [0.15, 0.2) is 0 Å². The number of hydrogen-bond acceptors (Lipinski definition) is 5. The molecule has 4 rings (SSSR count). The van der Waals surface area contributed by atoms with E-state index in [-0.39, 0.29) is 29.3 Å². The van der Waals surface area contributed by atoms with E-state index < -0.39 is 24.2 Å². The summed E-state index contributed by atoms with van der Waals surface area (Å²) in [4.78, 5) is 43.4. The fourth-order valence-corrected chi connectivity index (χ4v) is 5.64. The standard InChI is InChI=1S/C35H42F2N4O4/c1-22(42)41(5)28-17-11-23(12-18-28)19-30(43)39-27-20-29(24-9-7-6-8-10-24)31(38-21-27)25-13-15-26(16-14-25)32(33(36)37)40-34(44)45-35(2,3)4/h6-10,13-16,20-21,23,28,32-33H,11-12,17-19H2,1-5H3,(H,39,43)(H,40,44)/t23?,28?,32-/m0/s1. The third-order valence-corrected chi connectivity index (χ3v) is 8.06. The molecule has 1 aliphatic rings. The summed E-state index contributed by atoms with van der Waals surface area (Å²) in [5, 5.41) is 5.27. The van der Waals surface area contributed by atoms with Gasteiger partial charge in [0.2, 0.25) is 11.8 Å². The van der Waals surface area contributed by atoms with Crippen LogP contribution < -0.4 is 10.6 Å². The Hall–Kier alpha value is -4.34. The van der Waals surface area contributed by atoms with Crippen LogP contribution >= 0.6 is 0 Å². The number of aromatic nitrogens is 1. The summed E-state index contributed by atoms with van der Waals surface area (Å²) in [6.45, 7) is 6.56. The van der Waals surface area contributed by atoms with E-state index in [0.29, 0.717) is 23.4 Å². The maximum Gasteiger partial charge on any atom is 0.408 e. The maximum atomic E-state index is 13.9. The minimum Gasteiger partial charge on any atom is -0.444 e. The number of rotatable bonds is 9. The zero-order valence-corrected chi connectivity index (χ0v) is 26.5. The number of ether oxygens (including phenoxy) is 1. The Morgan fingerprint density at radius 1 is 0.978 bits per heavy atom. The molecular formula is C35H42F2N4O4. The molecule has 0 bridgehead atoms. The number of alkyl carbamates (subject to hydrolysis) is 1. The molecule has 0 unspecified atom stereocenters. The van der Waals surface area contributed by atoms with Crippen LogP contribution in [-0.4, -0.2) is 52.9 Å². The van der Waals surface area contributed by atoms with Crippen LogP contribution in [0.2, 0.25) is 0 Å². The number of benzene rings is 2. The highest BCUT2D eigenvalue weighted by atomic mass is 19.3. The SMILES string of the molecule is CC(=O)N(C)C1CCC(CC(=O)Nc2cnc(-c3ccc([C@H](NC(=O)OC(C)(C)C)C(F)F)cc3)c(-c3ccccc3)c2)CC1. The molecule has 240 valence electrons. The van der Waals surface area contributed by atoms with Gasteiger partial charge in [-0.05, 0) is 69.6 Å². The second-order valence-corrected chi connectivity index (χ2v) is 12.6. The predicted octanol–water partition coefficient (Wildman–Crippen LogP) is 7.61. The fraction of sp³-hybridized carbons (Fsp3) is 0.429. The molecule has 0 aliphatic heterocycles. The molecule has 0 spiro atoms. The zero-order chi connectivity index (χ0) is 32.7. The van der Waals surface area contributed by atoms with Crippen molar-refractivity contribution in [2.45, 2.75) is 83.9 Å². The number of alkyl halides is 2. The molecule has 1 fully saturated rings. The molecule has 8 nitrogen and oxygen atoms in total. The van der Waals surface area contributed by atoms with Gasteiger partial charge in [-0.25, -0.2) is 13.6 Å². The molecule has 2 N–H and O–H groups in total. The Bertz CT molecular complexity index is 1470. The van der Waals surface area contributed by atoms with Crippen molar-refractivity contribution < 1.29 is 27.9 Å². The Kier molecular flexibility index (Phi) is 10.9. The number of hydrogen-bond donors (Lipinski definition) is 2. The number of amides is 3. The van der Waals surface area contributed by atoms with Crippen LogP contribution in [0.1, 0.15) is 71.4 Å². The molecule has 1 atom stereocenters. The smallest absolute Gasteiger partial charge is 0.408 e. The Morgan fingerprint density at radius 3 is 2.20 bits per heavy atom. The molecule has 1 saturated carbocycles. The average molecular weight is 621 g/mol. The first-order chi connectivity index (χ1) is 21.3. The normalized spacial score (nSPS) is 17.3. The Labute approximate surface area is 263 Å². The molecule has 1 aromatic heterocycles. The van der Waals surface area contributed by atoms with E-state index in [2.05, 4.69) is 15.6 Å². The van der Waals surface area contributed by atoms with E-state index in [1.165, 1.54) is 0 Å². The van der Waals surface area contributed by atoms with E-state index in [1.54, 1.807) is 63.1 Å². The molecule has 3 amide bonds. The van der Waals surface area contributed by atoms with Crippen LogP contribution in [0.4, 0.5) is 19.3 Å². The molecule has 0 radical (unpaired) electrons. The van der Waals surface area contributed by atoms with Crippen LogP contribution in [0.3, 0.4) is 0 Å². The highest BCUT2D eigenvalue weighted by Gasteiger charge is 2.28. The molecule has 3 aromatic rings. The minimum atomic E-state index is -2.85. The van der Waals surface area contributed by atoms with Crippen LogP contribution in [0.25, 0.3) is 22.4 Å². The van der Waals surface area contributed by atoms with Gasteiger partial charge < -0.3 is 20.3 Å². The van der Waals surface area contributed by atoms with Crippen LogP contribution in [0.5, 0.6) is 0 Å². The number of anilines is 1. The van der Waals surface area contributed by atoms with E-state index in [4.69, 9.17) is 4.74 Å². The van der Waals surface area contributed by atoms with Crippen molar-refractivity contribution >= 4 is 23.6 Å². The van der Waals surface area contributed by atoms with Crippen LogP contribution in [-0.2, 0) is 14.3 Å². The quantitative estimate of drug-likeness (QED) is 0.256.